The monoisotopic (exact) mass is 310 g/mol. The second kappa shape index (κ2) is 7.58. The van der Waals surface area contributed by atoms with Crippen LogP contribution in [0.5, 0.6) is 0 Å². The van der Waals surface area contributed by atoms with Crippen LogP contribution >= 0.6 is 0 Å². The zero-order valence-corrected chi connectivity index (χ0v) is 13.7. The van der Waals surface area contributed by atoms with Crippen LogP contribution < -0.4 is 10.6 Å². The molecule has 23 heavy (non-hydrogen) atoms. The van der Waals surface area contributed by atoms with Gasteiger partial charge >= 0.3 is 0 Å². The molecular weight excluding hydrogens is 288 g/mol. The SMILES string of the molecule is Cc1ccc(CC(=O)Nc2cccc(NC(=O)C(C)C)c2)cc1. The molecule has 2 aromatic rings. The molecule has 0 aliphatic carbocycles. The average Bonchev–Trinajstić information content (AvgIpc) is 2.49. The molecular formula is C19H22N2O2. The summed E-state index contributed by atoms with van der Waals surface area (Å²) >= 11 is 0. The van der Waals surface area contributed by atoms with Gasteiger partial charge < -0.3 is 10.6 Å². The first-order chi connectivity index (χ1) is 10.9. The van der Waals surface area contributed by atoms with Gasteiger partial charge in [0.2, 0.25) is 11.8 Å². The molecule has 0 atom stereocenters. The second-order valence-electron chi connectivity index (χ2n) is 5.94. The molecule has 2 aromatic carbocycles. The van der Waals surface area contributed by atoms with Crippen molar-refractivity contribution in [2.45, 2.75) is 27.2 Å². The zero-order valence-electron chi connectivity index (χ0n) is 13.7. The maximum absolute atomic E-state index is 12.1. The number of amides is 2. The van der Waals surface area contributed by atoms with Crippen molar-refractivity contribution in [2.75, 3.05) is 10.6 Å². The van der Waals surface area contributed by atoms with Gasteiger partial charge in [-0.25, -0.2) is 0 Å². The van der Waals surface area contributed by atoms with E-state index < -0.39 is 0 Å². The van der Waals surface area contributed by atoms with Crippen molar-refractivity contribution < 1.29 is 9.59 Å². The predicted octanol–water partition coefficient (Wildman–Crippen LogP) is 3.77. The van der Waals surface area contributed by atoms with Crippen LogP contribution in [0.3, 0.4) is 0 Å². The molecule has 4 nitrogen and oxygen atoms in total. The van der Waals surface area contributed by atoms with Crippen molar-refractivity contribution in [3.63, 3.8) is 0 Å². The van der Waals surface area contributed by atoms with Crippen LogP contribution in [-0.4, -0.2) is 11.8 Å². The van der Waals surface area contributed by atoms with Crippen LogP contribution in [0.15, 0.2) is 48.5 Å². The number of aryl methyl sites for hydroxylation is 1. The van der Waals surface area contributed by atoms with E-state index in [1.807, 2.05) is 45.0 Å². The molecule has 0 heterocycles. The maximum atomic E-state index is 12.1. The Morgan fingerprint density at radius 2 is 1.57 bits per heavy atom. The first-order valence-corrected chi connectivity index (χ1v) is 7.70. The summed E-state index contributed by atoms with van der Waals surface area (Å²) in [6, 6.07) is 15.1. The van der Waals surface area contributed by atoms with Crippen molar-refractivity contribution in [3.8, 4) is 0 Å². The van der Waals surface area contributed by atoms with E-state index in [1.165, 1.54) is 5.56 Å². The first kappa shape index (κ1) is 16.7. The molecule has 2 rings (SSSR count). The highest BCUT2D eigenvalue weighted by molar-refractivity contribution is 5.95. The topological polar surface area (TPSA) is 58.2 Å². The van der Waals surface area contributed by atoms with Gasteiger partial charge in [0, 0.05) is 17.3 Å². The van der Waals surface area contributed by atoms with Gasteiger partial charge in [0.15, 0.2) is 0 Å². The van der Waals surface area contributed by atoms with Crippen molar-refractivity contribution in [3.05, 3.63) is 59.7 Å². The lowest BCUT2D eigenvalue weighted by Crippen LogP contribution is -2.18. The van der Waals surface area contributed by atoms with Crippen molar-refractivity contribution in [2.24, 2.45) is 5.92 Å². The lowest BCUT2D eigenvalue weighted by atomic mass is 10.1. The van der Waals surface area contributed by atoms with Gasteiger partial charge in [0.1, 0.15) is 0 Å². The third-order valence-electron chi connectivity index (χ3n) is 3.42. The average molecular weight is 310 g/mol. The van der Waals surface area contributed by atoms with E-state index in [4.69, 9.17) is 0 Å². The fraction of sp³-hybridized carbons (Fsp3) is 0.263. The summed E-state index contributed by atoms with van der Waals surface area (Å²) in [7, 11) is 0. The van der Waals surface area contributed by atoms with Crippen LogP contribution in [0.2, 0.25) is 0 Å². The summed E-state index contributed by atoms with van der Waals surface area (Å²) in [5.74, 6) is -0.218. The first-order valence-electron chi connectivity index (χ1n) is 7.70. The second-order valence-corrected chi connectivity index (χ2v) is 5.94. The Morgan fingerprint density at radius 1 is 0.957 bits per heavy atom. The number of hydrogen-bond acceptors (Lipinski definition) is 2. The van der Waals surface area contributed by atoms with E-state index in [1.54, 1.807) is 24.3 Å². The number of benzene rings is 2. The smallest absolute Gasteiger partial charge is 0.228 e. The van der Waals surface area contributed by atoms with E-state index >= 15 is 0 Å². The minimum atomic E-state index is -0.0882. The molecule has 0 aliphatic heterocycles. The van der Waals surface area contributed by atoms with Gasteiger partial charge in [-0.1, -0.05) is 49.7 Å². The largest absolute Gasteiger partial charge is 0.326 e. The number of hydrogen-bond donors (Lipinski definition) is 2. The molecule has 4 heteroatoms. The van der Waals surface area contributed by atoms with Crippen LogP contribution in [0, 0.1) is 12.8 Å². The van der Waals surface area contributed by atoms with E-state index in [9.17, 15) is 9.59 Å². The molecule has 0 fully saturated rings. The minimum absolute atomic E-state index is 0.0480. The Balaban J connectivity index is 1.98. The Labute approximate surface area is 136 Å². The molecule has 0 aliphatic rings. The molecule has 0 saturated heterocycles. The van der Waals surface area contributed by atoms with E-state index in [-0.39, 0.29) is 17.7 Å². The molecule has 0 radical (unpaired) electrons. The molecule has 2 N–H and O–H groups in total. The van der Waals surface area contributed by atoms with Crippen LogP contribution in [0.25, 0.3) is 0 Å². The molecule has 0 bridgehead atoms. The summed E-state index contributed by atoms with van der Waals surface area (Å²) in [5, 5.41) is 5.68. The van der Waals surface area contributed by atoms with Crippen molar-refractivity contribution in [1.29, 1.82) is 0 Å². The number of carbonyl (C=O) groups is 2. The van der Waals surface area contributed by atoms with Crippen LogP contribution in [-0.2, 0) is 16.0 Å². The molecule has 120 valence electrons. The van der Waals surface area contributed by atoms with Gasteiger partial charge in [0.25, 0.3) is 0 Å². The van der Waals surface area contributed by atoms with E-state index in [2.05, 4.69) is 10.6 Å². The van der Waals surface area contributed by atoms with Gasteiger partial charge in [0.05, 0.1) is 6.42 Å². The normalized spacial score (nSPS) is 10.4. The van der Waals surface area contributed by atoms with Gasteiger partial charge in [-0.15, -0.1) is 0 Å². The molecule has 0 spiro atoms. The van der Waals surface area contributed by atoms with Crippen LogP contribution in [0.4, 0.5) is 11.4 Å². The summed E-state index contributed by atoms with van der Waals surface area (Å²) in [6.45, 7) is 5.69. The number of carbonyl (C=O) groups excluding carboxylic acids is 2. The Morgan fingerprint density at radius 3 is 2.17 bits per heavy atom. The van der Waals surface area contributed by atoms with Gasteiger partial charge in [-0.2, -0.15) is 0 Å². The summed E-state index contributed by atoms with van der Waals surface area (Å²) < 4.78 is 0. The third kappa shape index (κ3) is 5.25. The third-order valence-corrected chi connectivity index (χ3v) is 3.42. The highest BCUT2D eigenvalue weighted by Crippen LogP contribution is 2.16. The molecule has 2 amide bonds. The fourth-order valence-electron chi connectivity index (χ4n) is 2.06. The summed E-state index contributed by atoms with van der Waals surface area (Å²) in [6.07, 6.45) is 0.322. The van der Waals surface area contributed by atoms with Gasteiger partial charge in [-0.05, 0) is 30.7 Å². The molecule has 0 aromatic heterocycles. The Hall–Kier alpha value is -2.62. The minimum Gasteiger partial charge on any atom is -0.326 e. The summed E-state index contributed by atoms with van der Waals surface area (Å²) in [4.78, 5) is 23.8. The van der Waals surface area contributed by atoms with Crippen molar-refractivity contribution >= 4 is 23.2 Å². The highest BCUT2D eigenvalue weighted by atomic mass is 16.2. The number of rotatable bonds is 5. The quantitative estimate of drug-likeness (QED) is 0.883. The summed E-state index contributed by atoms with van der Waals surface area (Å²) in [5.41, 5.74) is 3.49. The lowest BCUT2D eigenvalue weighted by Gasteiger charge is -2.10. The Kier molecular flexibility index (Phi) is 5.52. The van der Waals surface area contributed by atoms with Crippen LogP contribution in [0.1, 0.15) is 25.0 Å². The molecule has 0 unspecified atom stereocenters. The fourth-order valence-corrected chi connectivity index (χ4v) is 2.06. The standard InChI is InChI=1S/C19H22N2O2/c1-13(2)19(23)21-17-6-4-5-16(12-17)20-18(22)11-15-9-7-14(3)8-10-15/h4-10,12-13H,11H2,1-3H3,(H,20,22)(H,21,23). The zero-order chi connectivity index (χ0) is 16.8. The lowest BCUT2D eigenvalue weighted by molar-refractivity contribution is -0.119. The number of nitrogens with one attached hydrogen (secondary N) is 2. The van der Waals surface area contributed by atoms with E-state index in [0.717, 1.165) is 5.56 Å². The number of anilines is 2. The highest BCUT2D eigenvalue weighted by Gasteiger charge is 2.08. The molecule has 0 saturated carbocycles. The predicted molar refractivity (Wildman–Crippen MR) is 93.4 cm³/mol. The maximum Gasteiger partial charge on any atom is 0.228 e. The van der Waals surface area contributed by atoms with Gasteiger partial charge in [-0.3, -0.25) is 9.59 Å². The van der Waals surface area contributed by atoms with E-state index in [0.29, 0.717) is 17.8 Å². The van der Waals surface area contributed by atoms with Crippen molar-refractivity contribution in [1.82, 2.24) is 0 Å². The Bertz CT molecular complexity index is 691.